The summed E-state index contributed by atoms with van der Waals surface area (Å²) in [5, 5.41) is 0.0312. The Morgan fingerprint density at radius 2 is 1.77 bits per heavy atom. The summed E-state index contributed by atoms with van der Waals surface area (Å²) in [7, 11) is 0. The molecule has 0 aliphatic heterocycles. The fraction of sp³-hybridized carbons (Fsp3) is 0.500. The number of nitrogens with zero attached hydrogens (tertiary/aromatic N) is 1. The van der Waals surface area contributed by atoms with E-state index in [1.54, 1.807) is 0 Å². The van der Waals surface area contributed by atoms with E-state index in [1.165, 1.54) is 52.9 Å². The van der Waals surface area contributed by atoms with Gasteiger partial charge in [-0.1, -0.05) is 36.8 Å². The van der Waals surface area contributed by atoms with Gasteiger partial charge in [-0.3, -0.25) is 4.98 Å². The van der Waals surface area contributed by atoms with Crippen LogP contribution < -0.4 is 0 Å². The number of fused-ring (bicyclic) bond motifs is 4. The minimum absolute atomic E-state index is 0.0312. The monoisotopic (exact) mass is 403 g/mol. The molecule has 26 heavy (non-hydrogen) atoms. The molecule has 0 saturated heterocycles. The van der Waals surface area contributed by atoms with Gasteiger partial charge in [0.25, 0.3) is 0 Å². The summed E-state index contributed by atoms with van der Waals surface area (Å²) >= 11 is 20.2. The molecule has 0 N–H and O–H groups in total. The fourth-order valence-electron chi connectivity index (χ4n) is 6.11. The van der Waals surface area contributed by atoms with E-state index in [-0.39, 0.29) is 16.7 Å². The molecule has 4 aliphatic rings. The van der Waals surface area contributed by atoms with Crippen LogP contribution in [-0.4, -0.2) is 14.7 Å². The van der Waals surface area contributed by atoms with Gasteiger partial charge in [-0.25, -0.2) is 0 Å². The molecular weight excluding hydrogens is 385 g/mol. The van der Waals surface area contributed by atoms with E-state index in [1.807, 2.05) is 0 Å². The average molecular weight is 405 g/mol. The summed E-state index contributed by atoms with van der Waals surface area (Å²) in [6.07, 6.45) is 6.76. The van der Waals surface area contributed by atoms with Gasteiger partial charge in [0.2, 0.25) is 0 Å². The van der Waals surface area contributed by atoms with Crippen molar-refractivity contribution >= 4 is 34.8 Å². The first kappa shape index (κ1) is 16.2. The van der Waals surface area contributed by atoms with Crippen LogP contribution in [0.3, 0.4) is 0 Å². The molecule has 4 aliphatic carbocycles. The van der Waals surface area contributed by atoms with Gasteiger partial charge in [0.15, 0.2) is 0 Å². The Labute approximate surface area is 169 Å². The molecule has 0 amide bonds. The lowest BCUT2D eigenvalue weighted by atomic mass is 9.66. The molecule has 2 aromatic rings. The summed E-state index contributed by atoms with van der Waals surface area (Å²) in [5.74, 6) is 0.584. The second-order valence-corrected chi connectivity index (χ2v) is 10.4. The number of hydrogen-bond acceptors (Lipinski definition) is 1. The molecule has 2 fully saturated rings. The number of hydrogen-bond donors (Lipinski definition) is 0. The third-order valence-corrected chi connectivity index (χ3v) is 8.90. The van der Waals surface area contributed by atoms with Crippen molar-refractivity contribution in [2.45, 2.75) is 60.1 Å². The second kappa shape index (κ2) is 5.19. The van der Waals surface area contributed by atoms with Crippen molar-refractivity contribution in [1.82, 2.24) is 4.98 Å². The zero-order valence-electron chi connectivity index (χ0n) is 14.4. The molecule has 0 radical (unpaired) electrons. The molecule has 1 spiro atoms. The predicted molar refractivity (Wildman–Crippen MR) is 108 cm³/mol. The van der Waals surface area contributed by atoms with Gasteiger partial charge in [0.05, 0.1) is 11.1 Å². The maximum atomic E-state index is 6.76. The largest absolute Gasteiger partial charge is 0.257 e. The third kappa shape index (κ3) is 1.74. The lowest BCUT2D eigenvalue weighted by molar-refractivity contribution is 0.212. The molecule has 4 heteroatoms. The third-order valence-electron chi connectivity index (χ3n) is 7.32. The van der Waals surface area contributed by atoms with Crippen LogP contribution in [0, 0.1) is 5.41 Å². The van der Waals surface area contributed by atoms with Gasteiger partial charge in [-0.15, -0.1) is 34.8 Å². The maximum absolute atomic E-state index is 6.76. The predicted octanol–water partition coefficient (Wildman–Crippen LogP) is 6.38. The quantitative estimate of drug-likeness (QED) is 0.397. The van der Waals surface area contributed by atoms with Crippen LogP contribution in [0.5, 0.6) is 0 Å². The maximum Gasteiger partial charge on any atom is 0.127 e. The summed E-state index contributed by atoms with van der Waals surface area (Å²) in [6.45, 7) is 0. The van der Waals surface area contributed by atoms with Crippen LogP contribution in [0.2, 0.25) is 0 Å². The number of halogens is 3. The van der Waals surface area contributed by atoms with Gasteiger partial charge in [-0.05, 0) is 60.3 Å². The van der Waals surface area contributed by atoms with Crippen molar-refractivity contribution in [1.29, 1.82) is 0 Å². The summed E-state index contributed by atoms with van der Waals surface area (Å²) in [6, 6.07) is 10.8. The normalized spacial score (nSPS) is 35.4. The lowest BCUT2D eigenvalue weighted by Crippen LogP contribution is -2.47. The molecule has 1 aromatic heterocycles. The highest BCUT2D eigenvalue weighted by atomic mass is 35.5. The number of pyridine rings is 1. The Bertz CT molecular complexity index is 923. The van der Waals surface area contributed by atoms with E-state index in [0.29, 0.717) is 5.92 Å². The Balaban J connectivity index is 1.64. The van der Waals surface area contributed by atoms with E-state index in [2.05, 4.69) is 30.3 Å². The van der Waals surface area contributed by atoms with Crippen molar-refractivity contribution in [2.75, 3.05) is 0 Å². The minimum Gasteiger partial charge on any atom is -0.257 e. The zero-order valence-corrected chi connectivity index (χ0v) is 16.7. The Morgan fingerprint density at radius 1 is 1.00 bits per heavy atom. The van der Waals surface area contributed by atoms with Crippen LogP contribution >= 0.6 is 34.8 Å². The average Bonchev–Trinajstić information content (AvgIpc) is 3.28. The van der Waals surface area contributed by atoms with E-state index >= 15 is 0 Å². The van der Waals surface area contributed by atoms with E-state index in [9.17, 15) is 0 Å². The van der Waals surface area contributed by atoms with Gasteiger partial charge < -0.3 is 0 Å². The van der Waals surface area contributed by atoms with Crippen molar-refractivity contribution in [3.05, 3.63) is 52.8 Å². The number of benzene rings is 1. The number of aromatic nitrogens is 1. The molecule has 134 valence electrons. The van der Waals surface area contributed by atoms with Crippen LogP contribution in [0.15, 0.2) is 30.3 Å². The van der Waals surface area contributed by atoms with Gasteiger partial charge in [0, 0.05) is 17.0 Å². The van der Waals surface area contributed by atoms with Crippen molar-refractivity contribution in [3.63, 3.8) is 0 Å². The van der Waals surface area contributed by atoms with E-state index < -0.39 is 4.33 Å². The molecule has 4 atom stereocenters. The van der Waals surface area contributed by atoms with Crippen LogP contribution in [0.4, 0.5) is 0 Å². The topological polar surface area (TPSA) is 12.9 Å². The van der Waals surface area contributed by atoms with Gasteiger partial charge in [0.1, 0.15) is 4.33 Å². The Kier molecular flexibility index (Phi) is 3.24. The Morgan fingerprint density at radius 3 is 2.54 bits per heavy atom. The van der Waals surface area contributed by atoms with Crippen molar-refractivity contribution in [2.24, 2.45) is 5.41 Å². The molecule has 1 heterocycles. The van der Waals surface area contributed by atoms with Gasteiger partial charge >= 0.3 is 0 Å². The van der Waals surface area contributed by atoms with Crippen molar-refractivity contribution in [3.8, 4) is 11.1 Å². The molecular formula is C22H20Cl3N. The Hall–Kier alpha value is -0.760. The first-order valence-electron chi connectivity index (χ1n) is 9.70. The molecule has 1 nitrogen and oxygen atoms in total. The first-order chi connectivity index (χ1) is 12.6. The summed E-state index contributed by atoms with van der Waals surface area (Å²) < 4.78 is -0.708. The highest BCUT2D eigenvalue weighted by Crippen LogP contribution is 2.89. The molecule has 1 aromatic carbocycles. The molecule has 0 unspecified atom stereocenters. The summed E-state index contributed by atoms with van der Waals surface area (Å²) in [5.41, 5.74) is 7.94. The minimum atomic E-state index is -0.708. The molecule has 2 saturated carbocycles. The first-order valence-corrected chi connectivity index (χ1v) is 10.9. The highest BCUT2D eigenvalue weighted by molar-refractivity contribution is 6.51. The van der Waals surface area contributed by atoms with Crippen LogP contribution in [0.1, 0.15) is 60.0 Å². The van der Waals surface area contributed by atoms with Crippen molar-refractivity contribution < 1.29 is 0 Å². The van der Waals surface area contributed by atoms with Crippen LogP contribution in [0.25, 0.3) is 11.1 Å². The standard InChI is InChI=1S/C22H20Cl3N/c23-20-18-19-17(14-11-21(24,25)22(14,18)20)16(12-7-3-1-4-8-12)13-9-5-2-6-10-15(13)26-19/h1,3-4,7-8,14,18,20H,2,5-6,9-11H2/t14-,18+,20-,22-/m1/s1. The molecule has 6 rings (SSSR count). The smallest absolute Gasteiger partial charge is 0.127 e. The van der Waals surface area contributed by atoms with E-state index in [4.69, 9.17) is 39.8 Å². The molecule has 0 bridgehead atoms. The van der Waals surface area contributed by atoms with Crippen LogP contribution in [-0.2, 0) is 12.8 Å². The zero-order chi connectivity index (χ0) is 17.7. The highest BCUT2D eigenvalue weighted by Gasteiger charge is 2.87. The second-order valence-electron chi connectivity index (χ2n) is 8.41. The number of aryl methyl sites for hydroxylation is 1. The van der Waals surface area contributed by atoms with E-state index in [0.717, 1.165) is 19.3 Å². The number of rotatable bonds is 1. The lowest BCUT2D eigenvalue weighted by Gasteiger charge is -2.48. The fourth-order valence-corrected chi connectivity index (χ4v) is 8.00. The summed E-state index contributed by atoms with van der Waals surface area (Å²) in [4.78, 5) is 5.21. The SMILES string of the molecule is Cl[C@@H]1[C@@H]2c3nc4c(c(-c5ccccc5)c3[C@H]3CC(Cl)(Cl)[C@@]312)CCCCC4. The van der Waals surface area contributed by atoms with Gasteiger partial charge in [-0.2, -0.15) is 0 Å². The number of alkyl halides is 3.